The van der Waals surface area contributed by atoms with Gasteiger partial charge in [-0.05, 0) is 25.0 Å². The largest absolute Gasteiger partial charge is 0.391 e. The summed E-state index contributed by atoms with van der Waals surface area (Å²) in [6, 6.07) is 1.72. The highest BCUT2D eigenvalue weighted by atomic mass is 19.2. The molecule has 2 unspecified atom stereocenters. The first-order chi connectivity index (χ1) is 8.09. The molecule has 1 saturated carbocycles. The molecule has 2 nitrogen and oxygen atoms in total. The van der Waals surface area contributed by atoms with Gasteiger partial charge in [-0.25, -0.2) is 13.2 Å². The van der Waals surface area contributed by atoms with Crippen molar-refractivity contribution in [1.29, 1.82) is 0 Å². The summed E-state index contributed by atoms with van der Waals surface area (Å²) in [5.74, 6) is -3.93. The molecule has 1 aliphatic carbocycles. The van der Waals surface area contributed by atoms with E-state index < -0.39 is 23.6 Å². The molecule has 0 amide bonds. The molecular formula is C12H14F3NO. The molecule has 0 aromatic heterocycles. The summed E-state index contributed by atoms with van der Waals surface area (Å²) in [6.07, 6.45) is 2.62. The Morgan fingerprint density at radius 2 is 1.76 bits per heavy atom. The maximum absolute atomic E-state index is 13.4. The number of halogens is 3. The van der Waals surface area contributed by atoms with Crippen molar-refractivity contribution in [3.05, 3.63) is 29.6 Å². The van der Waals surface area contributed by atoms with E-state index in [-0.39, 0.29) is 11.7 Å². The smallest absolute Gasteiger partial charge is 0.196 e. The van der Waals surface area contributed by atoms with Crippen LogP contribution in [0.4, 0.5) is 18.9 Å². The summed E-state index contributed by atoms with van der Waals surface area (Å²) in [6.45, 7) is 0. The van der Waals surface area contributed by atoms with Crippen LogP contribution in [0, 0.1) is 17.5 Å². The Labute approximate surface area is 97.5 Å². The summed E-state index contributed by atoms with van der Waals surface area (Å²) < 4.78 is 39.1. The van der Waals surface area contributed by atoms with E-state index in [0.717, 1.165) is 25.0 Å². The Bertz CT molecular complexity index is 411. The Balaban J connectivity index is 2.15. The lowest BCUT2D eigenvalue weighted by Crippen LogP contribution is -2.36. The van der Waals surface area contributed by atoms with Gasteiger partial charge in [0.1, 0.15) is 0 Å². The number of hydrogen-bond acceptors (Lipinski definition) is 2. The Hall–Kier alpha value is -1.23. The van der Waals surface area contributed by atoms with Gasteiger partial charge in [-0.3, -0.25) is 0 Å². The maximum Gasteiger partial charge on any atom is 0.196 e. The predicted molar refractivity (Wildman–Crippen MR) is 58.2 cm³/mol. The molecule has 1 fully saturated rings. The van der Waals surface area contributed by atoms with Crippen LogP contribution in [0.1, 0.15) is 25.7 Å². The first-order valence-electron chi connectivity index (χ1n) is 5.67. The lowest BCUT2D eigenvalue weighted by Gasteiger charge is -2.29. The van der Waals surface area contributed by atoms with E-state index in [0.29, 0.717) is 12.8 Å². The van der Waals surface area contributed by atoms with E-state index in [4.69, 9.17) is 0 Å². The zero-order valence-electron chi connectivity index (χ0n) is 9.22. The number of aliphatic hydroxyl groups excluding tert-OH is 1. The van der Waals surface area contributed by atoms with Crippen LogP contribution in [-0.2, 0) is 0 Å². The van der Waals surface area contributed by atoms with Gasteiger partial charge in [-0.2, -0.15) is 0 Å². The number of benzene rings is 1. The molecule has 2 N–H and O–H groups in total. The van der Waals surface area contributed by atoms with E-state index >= 15 is 0 Å². The van der Waals surface area contributed by atoms with Gasteiger partial charge in [-0.1, -0.05) is 12.8 Å². The Morgan fingerprint density at radius 1 is 1.06 bits per heavy atom. The van der Waals surface area contributed by atoms with Crippen molar-refractivity contribution in [2.75, 3.05) is 5.32 Å². The molecule has 2 atom stereocenters. The molecule has 0 heterocycles. The highest BCUT2D eigenvalue weighted by Crippen LogP contribution is 2.25. The molecule has 1 aromatic carbocycles. The first-order valence-corrected chi connectivity index (χ1v) is 5.67. The van der Waals surface area contributed by atoms with Crippen molar-refractivity contribution in [2.45, 2.75) is 37.8 Å². The van der Waals surface area contributed by atoms with Crippen LogP contribution in [0.25, 0.3) is 0 Å². The monoisotopic (exact) mass is 245 g/mol. The topological polar surface area (TPSA) is 32.3 Å². The van der Waals surface area contributed by atoms with Crippen molar-refractivity contribution in [2.24, 2.45) is 0 Å². The minimum atomic E-state index is -1.49. The summed E-state index contributed by atoms with van der Waals surface area (Å²) in [5, 5.41) is 12.4. The molecule has 5 heteroatoms. The van der Waals surface area contributed by atoms with Crippen LogP contribution in [0.15, 0.2) is 12.1 Å². The van der Waals surface area contributed by atoms with Crippen LogP contribution >= 0.6 is 0 Å². The maximum atomic E-state index is 13.4. The third-order valence-corrected chi connectivity index (χ3v) is 3.11. The van der Waals surface area contributed by atoms with Crippen LogP contribution < -0.4 is 5.32 Å². The van der Waals surface area contributed by atoms with Crippen molar-refractivity contribution in [3.8, 4) is 0 Å². The van der Waals surface area contributed by atoms with Crippen LogP contribution in [0.5, 0.6) is 0 Å². The fraction of sp³-hybridized carbons (Fsp3) is 0.500. The van der Waals surface area contributed by atoms with Crippen molar-refractivity contribution < 1.29 is 18.3 Å². The van der Waals surface area contributed by atoms with Crippen LogP contribution in [0.2, 0.25) is 0 Å². The van der Waals surface area contributed by atoms with Gasteiger partial charge in [0, 0.05) is 0 Å². The van der Waals surface area contributed by atoms with Gasteiger partial charge in [0.15, 0.2) is 17.5 Å². The first kappa shape index (κ1) is 12.2. The normalized spacial score (nSPS) is 24.7. The highest BCUT2D eigenvalue weighted by Gasteiger charge is 2.24. The fourth-order valence-electron chi connectivity index (χ4n) is 2.12. The zero-order chi connectivity index (χ0) is 12.4. The molecule has 0 saturated heterocycles. The molecule has 0 bridgehead atoms. The molecule has 0 radical (unpaired) electrons. The van der Waals surface area contributed by atoms with Gasteiger partial charge >= 0.3 is 0 Å². The van der Waals surface area contributed by atoms with E-state index in [2.05, 4.69) is 5.32 Å². The summed E-state index contributed by atoms with van der Waals surface area (Å²) >= 11 is 0. The standard InChI is InChI=1S/C12H14F3NO/c13-7-5-6-9(12(15)11(7)14)16-8-3-1-2-4-10(8)17/h5-6,8,10,16-17H,1-4H2. The Morgan fingerprint density at radius 3 is 2.47 bits per heavy atom. The average Bonchev–Trinajstić information content (AvgIpc) is 2.32. The SMILES string of the molecule is OC1CCCCC1Nc1ccc(F)c(F)c1F. The van der Waals surface area contributed by atoms with E-state index in [9.17, 15) is 18.3 Å². The molecular weight excluding hydrogens is 231 g/mol. The number of aliphatic hydroxyl groups is 1. The number of hydrogen-bond donors (Lipinski definition) is 2. The second kappa shape index (κ2) is 4.96. The minimum absolute atomic E-state index is 0.102. The third-order valence-electron chi connectivity index (χ3n) is 3.11. The second-order valence-electron chi connectivity index (χ2n) is 4.33. The lowest BCUT2D eigenvalue weighted by molar-refractivity contribution is 0.116. The van der Waals surface area contributed by atoms with Crippen LogP contribution in [-0.4, -0.2) is 17.3 Å². The van der Waals surface area contributed by atoms with Crippen LogP contribution in [0.3, 0.4) is 0 Å². The van der Waals surface area contributed by atoms with E-state index in [1.165, 1.54) is 0 Å². The van der Waals surface area contributed by atoms with E-state index in [1.54, 1.807) is 0 Å². The molecule has 94 valence electrons. The van der Waals surface area contributed by atoms with Gasteiger partial charge in [0.2, 0.25) is 0 Å². The molecule has 0 aliphatic heterocycles. The average molecular weight is 245 g/mol. The quantitative estimate of drug-likeness (QED) is 0.785. The van der Waals surface area contributed by atoms with Crippen molar-refractivity contribution >= 4 is 5.69 Å². The fourth-order valence-corrected chi connectivity index (χ4v) is 2.12. The lowest BCUT2D eigenvalue weighted by atomic mass is 9.92. The zero-order valence-corrected chi connectivity index (χ0v) is 9.22. The minimum Gasteiger partial charge on any atom is -0.391 e. The van der Waals surface area contributed by atoms with E-state index in [1.807, 2.05) is 0 Å². The van der Waals surface area contributed by atoms with Gasteiger partial charge < -0.3 is 10.4 Å². The summed E-state index contributed by atoms with van der Waals surface area (Å²) in [5.41, 5.74) is -0.102. The predicted octanol–water partition coefficient (Wildman–Crippen LogP) is 2.82. The van der Waals surface area contributed by atoms with Crippen molar-refractivity contribution in [1.82, 2.24) is 0 Å². The molecule has 17 heavy (non-hydrogen) atoms. The number of rotatable bonds is 2. The summed E-state index contributed by atoms with van der Waals surface area (Å²) in [7, 11) is 0. The van der Waals surface area contributed by atoms with Crippen molar-refractivity contribution in [3.63, 3.8) is 0 Å². The molecule has 2 rings (SSSR count). The van der Waals surface area contributed by atoms with Gasteiger partial charge in [0.05, 0.1) is 17.8 Å². The molecule has 1 aliphatic rings. The molecule has 0 spiro atoms. The van der Waals surface area contributed by atoms with Gasteiger partial charge in [-0.15, -0.1) is 0 Å². The second-order valence-corrected chi connectivity index (χ2v) is 4.33. The number of nitrogens with one attached hydrogen (secondary N) is 1. The summed E-state index contributed by atoms with van der Waals surface area (Å²) in [4.78, 5) is 0. The number of anilines is 1. The highest BCUT2D eigenvalue weighted by molar-refractivity contribution is 5.46. The molecule has 1 aromatic rings. The Kier molecular flexibility index (Phi) is 3.57. The third kappa shape index (κ3) is 2.54. The van der Waals surface area contributed by atoms with Gasteiger partial charge in [0.25, 0.3) is 0 Å².